The Balaban J connectivity index is 0.000000250. The highest BCUT2D eigenvalue weighted by Crippen LogP contribution is 2.58. The third-order valence-electron chi connectivity index (χ3n) is 6.92. The lowest BCUT2D eigenvalue weighted by Gasteiger charge is -2.41. The first kappa shape index (κ1) is 20.2. The minimum atomic E-state index is -0.428. The first-order valence-corrected chi connectivity index (χ1v) is 11.2. The first-order valence-electron chi connectivity index (χ1n) is 11.2. The van der Waals surface area contributed by atoms with E-state index in [1.165, 1.54) is 22.4 Å². The monoisotopic (exact) mass is 414 g/mol. The summed E-state index contributed by atoms with van der Waals surface area (Å²) in [7, 11) is 0. The highest BCUT2D eigenvalue weighted by Gasteiger charge is 2.60. The molecule has 160 valence electrons. The van der Waals surface area contributed by atoms with Gasteiger partial charge in [0, 0.05) is 11.8 Å². The zero-order valence-corrected chi connectivity index (χ0v) is 18.4. The summed E-state index contributed by atoms with van der Waals surface area (Å²) in [6.07, 6.45) is 20.8. The number of allylic oxidation sites excluding steroid dienone is 6. The third-order valence-corrected chi connectivity index (χ3v) is 6.92. The molecule has 0 amide bonds. The number of hydrogen-bond acceptors (Lipinski definition) is 3. The number of benzene rings is 1. The molecule has 1 saturated heterocycles. The Bertz CT molecular complexity index is 1050. The van der Waals surface area contributed by atoms with Gasteiger partial charge in [-0.15, -0.1) is 0 Å². The summed E-state index contributed by atoms with van der Waals surface area (Å²) in [5.74, 6) is -0.428. The summed E-state index contributed by atoms with van der Waals surface area (Å²) in [5.41, 5.74) is 6.23. The topological polar surface area (TPSA) is 36.3 Å². The molecule has 1 atom stereocenters. The molecule has 0 radical (unpaired) electrons. The smallest absolute Gasteiger partial charge is 0.178 e. The largest absolute Gasteiger partial charge is 0.347 e. The Morgan fingerprint density at radius 2 is 1.68 bits per heavy atom. The molecule has 4 aliphatic rings. The van der Waals surface area contributed by atoms with Crippen LogP contribution in [0.1, 0.15) is 43.0 Å². The van der Waals surface area contributed by atoms with Crippen LogP contribution in [0.25, 0.3) is 11.8 Å². The predicted octanol–water partition coefficient (Wildman–Crippen LogP) is 5.72. The van der Waals surface area contributed by atoms with Crippen LogP contribution in [0.4, 0.5) is 0 Å². The molecule has 2 heterocycles. The maximum Gasteiger partial charge on any atom is 0.178 e. The molecule has 3 aliphatic carbocycles. The lowest BCUT2D eigenvalue weighted by atomic mass is 9.72. The Hall–Kier alpha value is -2.69. The van der Waals surface area contributed by atoms with Gasteiger partial charge in [-0.1, -0.05) is 66.6 Å². The van der Waals surface area contributed by atoms with E-state index in [0.717, 1.165) is 31.4 Å². The summed E-state index contributed by atoms with van der Waals surface area (Å²) >= 11 is 0. The number of aryl methyl sites for hydroxylation is 1. The summed E-state index contributed by atoms with van der Waals surface area (Å²) in [4.78, 5) is 0. The van der Waals surface area contributed by atoms with Gasteiger partial charge in [0.25, 0.3) is 0 Å². The van der Waals surface area contributed by atoms with Gasteiger partial charge in [-0.25, -0.2) is 4.68 Å². The molecule has 0 unspecified atom stereocenters. The van der Waals surface area contributed by atoms with Crippen molar-refractivity contribution in [2.24, 2.45) is 5.41 Å². The standard InChI is InChI=1S/C20H22N2O2.C7H8/c1-14-3-5-17(6-4-14)22-18-11-16-7-8-20(23-9-10-24-20)19(16,2)12-15(18)13-21-22;1-2-4-6-7-5-3-1/h3-6,11,13H,7-10,12H2,1-2H3;1-6H,7H2/t19-;/m0./s1. The third kappa shape index (κ3) is 3.54. The van der Waals surface area contributed by atoms with Crippen LogP contribution < -0.4 is 0 Å². The van der Waals surface area contributed by atoms with Crippen molar-refractivity contribution in [3.05, 3.63) is 89.3 Å². The van der Waals surface area contributed by atoms with Gasteiger partial charge in [0.15, 0.2) is 5.79 Å². The predicted molar refractivity (Wildman–Crippen MR) is 124 cm³/mol. The minimum Gasteiger partial charge on any atom is -0.347 e. The molecule has 1 saturated carbocycles. The van der Waals surface area contributed by atoms with Crippen LogP contribution in [-0.4, -0.2) is 28.8 Å². The first-order chi connectivity index (χ1) is 15.1. The molecule has 4 heteroatoms. The van der Waals surface area contributed by atoms with Crippen LogP contribution >= 0.6 is 0 Å². The highest BCUT2D eigenvalue weighted by atomic mass is 16.7. The van der Waals surface area contributed by atoms with Crippen LogP contribution in [-0.2, 0) is 15.9 Å². The fourth-order valence-electron chi connectivity index (χ4n) is 5.13. The number of rotatable bonds is 1. The maximum absolute atomic E-state index is 6.10. The second-order valence-corrected chi connectivity index (χ2v) is 8.91. The summed E-state index contributed by atoms with van der Waals surface area (Å²) in [5, 5.41) is 4.66. The Kier molecular flexibility index (Phi) is 5.28. The van der Waals surface area contributed by atoms with Crippen molar-refractivity contribution in [3.63, 3.8) is 0 Å². The Morgan fingerprint density at radius 3 is 2.39 bits per heavy atom. The van der Waals surface area contributed by atoms with E-state index in [9.17, 15) is 0 Å². The molecule has 0 bridgehead atoms. The molecule has 1 aromatic heterocycles. The molecule has 2 aromatic rings. The summed E-state index contributed by atoms with van der Waals surface area (Å²) in [6.45, 7) is 5.81. The van der Waals surface area contributed by atoms with Crippen molar-refractivity contribution in [2.45, 2.75) is 45.3 Å². The highest BCUT2D eigenvalue weighted by molar-refractivity contribution is 5.62. The second kappa shape index (κ2) is 8.10. The molecule has 1 aliphatic heterocycles. The van der Waals surface area contributed by atoms with Crippen molar-refractivity contribution < 1.29 is 9.47 Å². The van der Waals surface area contributed by atoms with E-state index < -0.39 is 5.79 Å². The molecule has 6 rings (SSSR count). The van der Waals surface area contributed by atoms with Crippen molar-refractivity contribution in [1.82, 2.24) is 9.78 Å². The number of fused-ring (bicyclic) bond motifs is 3. The van der Waals surface area contributed by atoms with Crippen LogP contribution in [0.3, 0.4) is 0 Å². The van der Waals surface area contributed by atoms with Crippen LogP contribution in [0.2, 0.25) is 0 Å². The van der Waals surface area contributed by atoms with E-state index in [1.807, 2.05) is 18.3 Å². The van der Waals surface area contributed by atoms with Crippen LogP contribution in [0, 0.1) is 12.3 Å². The average molecular weight is 415 g/mol. The van der Waals surface area contributed by atoms with E-state index in [4.69, 9.17) is 9.47 Å². The van der Waals surface area contributed by atoms with Crippen molar-refractivity contribution in [3.8, 4) is 5.69 Å². The van der Waals surface area contributed by atoms with E-state index in [-0.39, 0.29) is 5.41 Å². The molecular formula is C27H30N2O2. The van der Waals surface area contributed by atoms with Gasteiger partial charge in [-0.2, -0.15) is 5.10 Å². The minimum absolute atomic E-state index is 0.0718. The second-order valence-electron chi connectivity index (χ2n) is 8.91. The van der Waals surface area contributed by atoms with Crippen molar-refractivity contribution >= 4 is 6.08 Å². The summed E-state index contributed by atoms with van der Waals surface area (Å²) in [6, 6.07) is 8.53. The lowest BCUT2D eigenvalue weighted by molar-refractivity contribution is -0.208. The van der Waals surface area contributed by atoms with Gasteiger partial charge in [-0.3, -0.25) is 0 Å². The van der Waals surface area contributed by atoms with E-state index in [2.05, 4.69) is 78.3 Å². The maximum atomic E-state index is 6.10. The van der Waals surface area contributed by atoms with E-state index in [1.54, 1.807) is 0 Å². The fourth-order valence-corrected chi connectivity index (χ4v) is 5.13. The molecule has 1 aromatic carbocycles. The number of aromatic nitrogens is 2. The van der Waals surface area contributed by atoms with Crippen molar-refractivity contribution in [2.75, 3.05) is 13.2 Å². The summed E-state index contributed by atoms with van der Waals surface area (Å²) < 4.78 is 14.3. The van der Waals surface area contributed by atoms with Crippen molar-refractivity contribution in [1.29, 1.82) is 0 Å². The molecule has 4 nitrogen and oxygen atoms in total. The normalized spacial score (nSPS) is 24.9. The van der Waals surface area contributed by atoms with Gasteiger partial charge in [0.2, 0.25) is 0 Å². The SMILES string of the molecule is C1=CC=CCC=C1.Cc1ccc(-n2ncc3c2C=C2CCC4(OCCO4)[C@@]2(C)C3)cc1. The molecule has 2 fully saturated rings. The van der Waals surface area contributed by atoms with E-state index >= 15 is 0 Å². The van der Waals surface area contributed by atoms with E-state index in [0.29, 0.717) is 13.2 Å². The molecule has 31 heavy (non-hydrogen) atoms. The number of hydrogen-bond donors (Lipinski definition) is 0. The van der Waals surface area contributed by atoms with Gasteiger partial charge < -0.3 is 9.47 Å². The van der Waals surface area contributed by atoms with Gasteiger partial charge in [0.05, 0.1) is 30.8 Å². The zero-order valence-electron chi connectivity index (χ0n) is 18.4. The number of ether oxygens (including phenoxy) is 2. The quantitative estimate of drug-likeness (QED) is 0.599. The van der Waals surface area contributed by atoms with Crippen LogP contribution in [0.15, 0.2) is 72.5 Å². The Morgan fingerprint density at radius 1 is 0.968 bits per heavy atom. The molecule has 0 N–H and O–H groups in total. The lowest BCUT2D eigenvalue weighted by Crippen LogP contribution is -2.46. The zero-order chi connectivity index (χ0) is 21.3. The van der Waals surface area contributed by atoms with Gasteiger partial charge in [0.1, 0.15) is 0 Å². The molecule has 1 spiro atoms. The average Bonchev–Trinajstić information content (AvgIpc) is 3.40. The fraction of sp³-hybridized carbons (Fsp3) is 0.370. The van der Waals surface area contributed by atoms with Gasteiger partial charge >= 0.3 is 0 Å². The molecular weight excluding hydrogens is 384 g/mol. The van der Waals surface area contributed by atoms with Gasteiger partial charge in [-0.05, 0) is 50.0 Å². The number of nitrogens with zero attached hydrogens (tertiary/aromatic N) is 2. The van der Waals surface area contributed by atoms with Crippen LogP contribution in [0.5, 0.6) is 0 Å². The Labute approximate surface area is 184 Å².